The van der Waals surface area contributed by atoms with Gasteiger partial charge in [0.1, 0.15) is 0 Å². The molecule has 3 nitrogen and oxygen atoms in total. The van der Waals surface area contributed by atoms with E-state index >= 15 is 0 Å². The molecule has 2 saturated heterocycles. The lowest BCUT2D eigenvalue weighted by molar-refractivity contribution is -0.884. The van der Waals surface area contributed by atoms with Crippen LogP contribution >= 0.6 is 0 Å². The number of rotatable bonds is 3. The van der Waals surface area contributed by atoms with E-state index in [0.717, 1.165) is 12.6 Å². The third-order valence-corrected chi connectivity index (χ3v) is 4.97. The van der Waals surface area contributed by atoms with Crippen LogP contribution in [0.1, 0.15) is 18.4 Å². The third kappa shape index (κ3) is 3.60. The van der Waals surface area contributed by atoms with Gasteiger partial charge in [-0.25, -0.2) is 0 Å². The minimum Gasteiger partial charge on any atom is -0.335 e. The molecule has 2 fully saturated rings. The van der Waals surface area contributed by atoms with Crippen LogP contribution in [-0.4, -0.2) is 62.2 Å². The average Bonchev–Trinajstić information content (AvgIpc) is 2.50. The van der Waals surface area contributed by atoms with Crippen molar-refractivity contribution in [3.05, 3.63) is 35.9 Å². The smallest absolute Gasteiger partial charge is 0.0898 e. The van der Waals surface area contributed by atoms with E-state index in [-0.39, 0.29) is 0 Å². The number of quaternary nitrogens is 1. The fourth-order valence-corrected chi connectivity index (χ4v) is 3.56. The average molecular weight is 274 g/mol. The van der Waals surface area contributed by atoms with Crippen molar-refractivity contribution in [3.63, 3.8) is 0 Å². The van der Waals surface area contributed by atoms with Gasteiger partial charge in [-0.2, -0.15) is 0 Å². The van der Waals surface area contributed by atoms with E-state index in [1.165, 1.54) is 57.7 Å². The van der Waals surface area contributed by atoms with Gasteiger partial charge in [-0.15, -0.1) is 0 Å². The van der Waals surface area contributed by atoms with Gasteiger partial charge in [0, 0.05) is 25.7 Å². The van der Waals surface area contributed by atoms with E-state index in [1.54, 1.807) is 4.90 Å². The summed E-state index contributed by atoms with van der Waals surface area (Å²) in [6.07, 6.45) is 2.71. The molecule has 2 aliphatic heterocycles. The molecule has 0 aliphatic carbocycles. The largest absolute Gasteiger partial charge is 0.335 e. The number of piperidine rings is 1. The molecule has 110 valence electrons. The molecule has 1 N–H and O–H groups in total. The van der Waals surface area contributed by atoms with Crippen LogP contribution in [0.15, 0.2) is 30.3 Å². The van der Waals surface area contributed by atoms with Crippen LogP contribution in [-0.2, 0) is 6.54 Å². The minimum atomic E-state index is 0.843. The molecule has 3 heteroatoms. The first-order valence-electron chi connectivity index (χ1n) is 8.13. The fraction of sp³-hybridized carbons (Fsp3) is 0.647. The topological polar surface area (TPSA) is 10.9 Å². The maximum absolute atomic E-state index is 2.74. The molecule has 2 heterocycles. The Morgan fingerprint density at radius 2 is 1.65 bits per heavy atom. The Balaban J connectivity index is 1.45. The maximum Gasteiger partial charge on any atom is 0.0898 e. The highest BCUT2D eigenvalue weighted by Crippen LogP contribution is 2.18. The summed E-state index contributed by atoms with van der Waals surface area (Å²) in [5.74, 6) is 0. The van der Waals surface area contributed by atoms with Crippen LogP contribution < -0.4 is 4.90 Å². The summed E-state index contributed by atoms with van der Waals surface area (Å²) < 4.78 is 0. The molecule has 1 aromatic rings. The lowest BCUT2D eigenvalue weighted by Crippen LogP contribution is -3.12. The quantitative estimate of drug-likeness (QED) is 0.860. The zero-order valence-electron chi connectivity index (χ0n) is 12.7. The number of nitrogens with zero attached hydrogens (tertiary/aromatic N) is 2. The molecule has 0 atom stereocenters. The highest BCUT2D eigenvalue weighted by atomic mass is 15.3. The van der Waals surface area contributed by atoms with Crippen LogP contribution in [0.2, 0.25) is 0 Å². The van der Waals surface area contributed by atoms with Crippen molar-refractivity contribution in [3.8, 4) is 0 Å². The number of hydrogen-bond donors (Lipinski definition) is 1. The standard InChI is InChI=1S/C17H27N3/c1-18-11-13-20(14-12-18)17-7-9-19(10-8-17)15-16-5-3-2-4-6-16/h2-6,17H,7-15H2,1H3/p+1. The first-order valence-corrected chi connectivity index (χ1v) is 8.13. The van der Waals surface area contributed by atoms with Crippen LogP contribution in [0.25, 0.3) is 0 Å². The van der Waals surface area contributed by atoms with E-state index in [1.807, 2.05) is 0 Å². The van der Waals surface area contributed by atoms with Crippen LogP contribution in [0.5, 0.6) is 0 Å². The zero-order chi connectivity index (χ0) is 13.8. The monoisotopic (exact) mass is 274 g/mol. The summed E-state index contributed by atoms with van der Waals surface area (Å²) in [4.78, 5) is 7.06. The van der Waals surface area contributed by atoms with Crippen molar-refractivity contribution >= 4 is 0 Å². The van der Waals surface area contributed by atoms with Crippen molar-refractivity contribution in [2.24, 2.45) is 0 Å². The Kier molecular flexibility index (Phi) is 4.71. The van der Waals surface area contributed by atoms with Gasteiger partial charge in [0.25, 0.3) is 0 Å². The zero-order valence-corrected chi connectivity index (χ0v) is 12.7. The van der Waals surface area contributed by atoms with E-state index < -0.39 is 0 Å². The normalized spacial score (nSPS) is 24.1. The molecule has 0 spiro atoms. The molecule has 0 amide bonds. The SMILES string of the molecule is C[NH+]1CCN(C2CCN(Cc3ccccc3)CC2)CC1. The van der Waals surface area contributed by atoms with Gasteiger partial charge in [0.15, 0.2) is 0 Å². The second-order valence-electron chi connectivity index (χ2n) is 6.49. The van der Waals surface area contributed by atoms with Gasteiger partial charge >= 0.3 is 0 Å². The molecule has 20 heavy (non-hydrogen) atoms. The van der Waals surface area contributed by atoms with Gasteiger partial charge in [-0.05, 0) is 31.5 Å². The van der Waals surface area contributed by atoms with Crippen molar-refractivity contribution in [1.29, 1.82) is 0 Å². The second-order valence-corrected chi connectivity index (χ2v) is 6.49. The Hall–Kier alpha value is -0.900. The molecule has 0 unspecified atom stereocenters. The van der Waals surface area contributed by atoms with Gasteiger partial charge < -0.3 is 4.90 Å². The second kappa shape index (κ2) is 6.70. The molecular formula is C17H28N3+. The van der Waals surface area contributed by atoms with Crippen LogP contribution in [0.3, 0.4) is 0 Å². The van der Waals surface area contributed by atoms with Gasteiger partial charge in [0.2, 0.25) is 0 Å². The first kappa shape index (κ1) is 14.1. The number of piperazine rings is 1. The van der Waals surface area contributed by atoms with Crippen molar-refractivity contribution < 1.29 is 4.90 Å². The lowest BCUT2D eigenvalue weighted by atomic mass is 10.0. The highest BCUT2D eigenvalue weighted by molar-refractivity contribution is 5.14. The Morgan fingerprint density at radius 3 is 2.30 bits per heavy atom. The minimum absolute atomic E-state index is 0.843. The molecule has 0 saturated carbocycles. The summed E-state index contributed by atoms with van der Waals surface area (Å²) >= 11 is 0. The molecule has 1 aromatic carbocycles. The fourth-order valence-electron chi connectivity index (χ4n) is 3.56. The van der Waals surface area contributed by atoms with E-state index in [9.17, 15) is 0 Å². The van der Waals surface area contributed by atoms with Crippen molar-refractivity contribution in [2.45, 2.75) is 25.4 Å². The van der Waals surface area contributed by atoms with E-state index in [2.05, 4.69) is 47.2 Å². The Morgan fingerprint density at radius 1 is 1.00 bits per heavy atom. The number of likely N-dealkylation sites (N-methyl/N-ethyl adjacent to an activating group) is 1. The van der Waals surface area contributed by atoms with Crippen LogP contribution in [0, 0.1) is 0 Å². The van der Waals surface area contributed by atoms with Crippen molar-refractivity contribution in [2.75, 3.05) is 46.3 Å². The third-order valence-electron chi connectivity index (χ3n) is 4.97. The maximum atomic E-state index is 2.74. The summed E-state index contributed by atoms with van der Waals surface area (Å²) in [6, 6.07) is 11.7. The predicted octanol–water partition coefficient (Wildman–Crippen LogP) is 0.481. The van der Waals surface area contributed by atoms with Crippen LogP contribution in [0.4, 0.5) is 0 Å². The molecule has 2 aliphatic rings. The number of likely N-dealkylation sites (tertiary alicyclic amines) is 1. The van der Waals surface area contributed by atoms with E-state index in [4.69, 9.17) is 0 Å². The molecule has 0 bridgehead atoms. The van der Waals surface area contributed by atoms with E-state index in [0.29, 0.717) is 0 Å². The lowest BCUT2D eigenvalue weighted by Gasteiger charge is -2.40. The summed E-state index contributed by atoms with van der Waals surface area (Å²) in [6.45, 7) is 8.90. The Labute approximate surface area is 123 Å². The van der Waals surface area contributed by atoms with Crippen molar-refractivity contribution in [1.82, 2.24) is 9.80 Å². The first-order chi connectivity index (χ1) is 9.81. The van der Waals surface area contributed by atoms with Gasteiger partial charge in [-0.1, -0.05) is 30.3 Å². The number of nitrogens with one attached hydrogen (secondary N) is 1. The molecule has 0 aromatic heterocycles. The summed E-state index contributed by atoms with van der Waals surface area (Å²) in [5.41, 5.74) is 1.45. The predicted molar refractivity (Wildman–Crippen MR) is 82.9 cm³/mol. The number of benzene rings is 1. The Bertz CT molecular complexity index is 390. The van der Waals surface area contributed by atoms with Gasteiger partial charge in [0.05, 0.1) is 20.1 Å². The summed E-state index contributed by atoms with van der Waals surface area (Å²) in [7, 11) is 2.32. The highest BCUT2D eigenvalue weighted by Gasteiger charge is 2.27. The van der Waals surface area contributed by atoms with Gasteiger partial charge in [-0.3, -0.25) is 9.80 Å². The molecule has 0 radical (unpaired) electrons. The molecule has 3 rings (SSSR count). The molecular weight excluding hydrogens is 246 g/mol. The summed E-state index contributed by atoms with van der Waals surface area (Å²) in [5, 5.41) is 0. The number of hydrogen-bond acceptors (Lipinski definition) is 2.